The lowest BCUT2D eigenvalue weighted by Crippen LogP contribution is -1.96. The molecule has 6 heteroatoms. The predicted octanol–water partition coefficient (Wildman–Crippen LogP) is 2.69. The number of fused-ring (bicyclic) bond motifs is 1. The molecular weight excluding hydrogens is 250 g/mol. The Kier molecular flexibility index (Phi) is 2.38. The molecule has 5 nitrogen and oxygen atoms in total. The maximum absolute atomic E-state index is 11.0. The number of aromatic carboxylic acids is 1. The van der Waals surface area contributed by atoms with Gasteiger partial charge in [0.1, 0.15) is 5.01 Å². The molecule has 0 unspecified atom stereocenters. The van der Waals surface area contributed by atoms with Crippen molar-refractivity contribution in [2.45, 2.75) is 6.92 Å². The summed E-state index contributed by atoms with van der Waals surface area (Å²) in [7, 11) is 0. The summed E-state index contributed by atoms with van der Waals surface area (Å²) in [5, 5.41) is 19.0. The normalized spacial score (nSPS) is 10.9. The summed E-state index contributed by atoms with van der Waals surface area (Å²) in [5.41, 5.74) is 2.62. The zero-order chi connectivity index (χ0) is 12.7. The standard InChI is InChI=1S/C12H9N3O2S/c1-6-5-18-11(13-6)7-2-3-9-8(4-7)10(12(16)17)15-14-9/h2-5H,1H3,(H,14,15)(H,16,17). The number of carboxylic acid groups (broad SMARTS) is 1. The first-order valence-electron chi connectivity index (χ1n) is 5.29. The van der Waals surface area contributed by atoms with Gasteiger partial charge >= 0.3 is 5.97 Å². The van der Waals surface area contributed by atoms with E-state index in [0.717, 1.165) is 16.3 Å². The van der Waals surface area contributed by atoms with Crippen LogP contribution < -0.4 is 0 Å². The van der Waals surface area contributed by atoms with Crippen LogP contribution in [0.4, 0.5) is 0 Å². The van der Waals surface area contributed by atoms with Gasteiger partial charge in [-0.25, -0.2) is 9.78 Å². The molecule has 0 saturated heterocycles. The van der Waals surface area contributed by atoms with Crippen LogP contribution in [0.15, 0.2) is 23.6 Å². The molecule has 0 aliphatic carbocycles. The third kappa shape index (κ3) is 1.67. The Morgan fingerprint density at radius 2 is 2.28 bits per heavy atom. The Hall–Kier alpha value is -2.21. The minimum Gasteiger partial charge on any atom is -0.476 e. The highest BCUT2D eigenvalue weighted by atomic mass is 32.1. The Balaban J connectivity index is 2.20. The molecule has 0 radical (unpaired) electrons. The molecule has 90 valence electrons. The zero-order valence-corrected chi connectivity index (χ0v) is 10.3. The van der Waals surface area contributed by atoms with Gasteiger partial charge in [-0.1, -0.05) is 0 Å². The fraction of sp³-hybridized carbons (Fsp3) is 0.0833. The van der Waals surface area contributed by atoms with E-state index in [1.165, 1.54) is 11.3 Å². The van der Waals surface area contributed by atoms with Crippen molar-refractivity contribution >= 4 is 28.2 Å². The molecule has 0 fully saturated rings. The van der Waals surface area contributed by atoms with Crippen LogP contribution in [-0.4, -0.2) is 26.3 Å². The number of aromatic nitrogens is 3. The molecule has 0 amide bonds. The number of H-pyrrole nitrogens is 1. The highest BCUT2D eigenvalue weighted by Gasteiger charge is 2.14. The molecule has 1 aromatic carbocycles. The summed E-state index contributed by atoms with van der Waals surface area (Å²) >= 11 is 1.54. The van der Waals surface area contributed by atoms with E-state index in [4.69, 9.17) is 5.11 Å². The minimum atomic E-state index is -1.03. The highest BCUT2D eigenvalue weighted by molar-refractivity contribution is 7.13. The van der Waals surface area contributed by atoms with Gasteiger partial charge in [0.15, 0.2) is 5.69 Å². The number of rotatable bonds is 2. The van der Waals surface area contributed by atoms with Gasteiger partial charge in [0.05, 0.1) is 5.52 Å². The number of thiazole rings is 1. The van der Waals surface area contributed by atoms with E-state index in [2.05, 4.69) is 15.2 Å². The Labute approximate surface area is 106 Å². The first kappa shape index (κ1) is 10.9. The first-order chi connectivity index (χ1) is 8.65. The quantitative estimate of drug-likeness (QED) is 0.741. The molecule has 2 heterocycles. The van der Waals surface area contributed by atoms with E-state index in [1.807, 2.05) is 24.4 Å². The van der Waals surface area contributed by atoms with Crippen molar-refractivity contribution in [2.75, 3.05) is 0 Å². The summed E-state index contributed by atoms with van der Waals surface area (Å²) in [6, 6.07) is 5.53. The average Bonchev–Trinajstić information content (AvgIpc) is 2.93. The molecule has 2 N–H and O–H groups in total. The van der Waals surface area contributed by atoms with Gasteiger partial charge in [-0.3, -0.25) is 5.10 Å². The lowest BCUT2D eigenvalue weighted by atomic mass is 10.1. The number of aryl methyl sites for hydroxylation is 1. The number of hydrogen-bond donors (Lipinski definition) is 2. The number of benzene rings is 1. The number of nitrogens with one attached hydrogen (secondary N) is 1. The van der Waals surface area contributed by atoms with Crippen molar-refractivity contribution in [2.24, 2.45) is 0 Å². The maximum atomic E-state index is 11.0. The lowest BCUT2D eigenvalue weighted by Gasteiger charge is -1.97. The maximum Gasteiger partial charge on any atom is 0.357 e. The predicted molar refractivity (Wildman–Crippen MR) is 68.9 cm³/mol. The monoisotopic (exact) mass is 259 g/mol. The van der Waals surface area contributed by atoms with Crippen molar-refractivity contribution in [1.29, 1.82) is 0 Å². The van der Waals surface area contributed by atoms with Gasteiger partial charge in [0, 0.05) is 22.0 Å². The molecule has 3 rings (SSSR count). The second-order valence-electron chi connectivity index (χ2n) is 3.93. The Morgan fingerprint density at radius 1 is 1.44 bits per heavy atom. The molecule has 0 bridgehead atoms. The van der Waals surface area contributed by atoms with Crippen molar-refractivity contribution < 1.29 is 9.90 Å². The number of carbonyl (C=O) groups is 1. The van der Waals surface area contributed by atoms with Gasteiger partial charge in [-0.15, -0.1) is 11.3 Å². The summed E-state index contributed by atoms with van der Waals surface area (Å²) in [5.74, 6) is -1.03. The molecule has 0 spiro atoms. The van der Waals surface area contributed by atoms with E-state index in [-0.39, 0.29) is 5.69 Å². The zero-order valence-electron chi connectivity index (χ0n) is 9.47. The van der Waals surface area contributed by atoms with Crippen LogP contribution in [-0.2, 0) is 0 Å². The van der Waals surface area contributed by atoms with Crippen LogP contribution >= 0.6 is 11.3 Å². The summed E-state index contributed by atoms with van der Waals surface area (Å²) in [6.07, 6.45) is 0. The largest absolute Gasteiger partial charge is 0.476 e. The van der Waals surface area contributed by atoms with Crippen LogP contribution in [0.3, 0.4) is 0 Å². The van der Waals surface area contributed by atoms with E-state index in [0.29, 0.717) is 10.9 Å². The fourth-order valence-corrected chi connectivity index (χ4v) is 2.59. The van der Waals surface area contributed by atoms with E-state index >= 15 is 0 Å². The molecule has 0 aliphatic heterocycles. The van der Waals surface area contributed by atoms with Gasteiger partial charge in [0.25, 0.3) is 0 Å². The number of aromatic amines is 1. The van der Waals surface area contributed by atoms with Crippen molar-refractivity contribution in [3.05, 3.63) is 35.0 Å². The van der Waals surface area contributed by atoms with Crippen LogP contribution in [0.25, 0.3) is 21.5 Å². The van der Waals surface area contributed by atoms with Gasteiger partial charge in [0.2, 0.25) is 0 Å². The highest BCUT2D eigenvalue weighted by Crippen LogP contribution is 2.27. The van der Waals surface area contributed by atoms with Crippen LogP contribution in [0, 0.1) is 6.92 Å². The molecule has 18 heavy (non-hydrogen) atoms. The lowest BCUT2D eigenvalue weighted by molar-refractivity contribution is 0.0692. The van der Waals surface area contributed by atoms with Gasteiger partial charge in [-0.2, -0.15) is 5.10 Å². The van der Waals surface area contributed by atoms with E-state index in [1.54, 1.807) is 6.07 Å². The molecule has 2 aromatic heterocycles. The van der Waals surface area contributed by atoms with Crippen molar-refractivity contribution in [1.82, 2.24) is 15.2 Å². The number of carboxylic acids is 1. The van der Waals surface area contributed by atoms with E-state index < -0.39 is 5.97 Å². The van der Waals surface area contributed by atoms with E-state index in [9.17, 15) is 4.79 Å². The smallest absolute Gasteiger partial charge is 0.357 e. The first-order valence-corrected chi connectivity index (χ1v) is 6.17. The van der Waals surface area contributed by atoms with Crippen LogP contribution in [0.5, 0.6) is 0 Å². The summed E-state index contributed by atoms with van der Waals surface area (Å²) < 4.78 is 0. The third-order valence-electron chi connectivity index (χ3n) is 2.63. The molecule has 0 atom stereocenters. The summed E-state index contributed by atoms with van der Waals surface area (Å²) in [6.45, 7) is 1.93. The SMILES string of the molecule is Cc1csc(-c2ccc3[nH]nc(C(=O)O)c3c2)n1. The average molecular weight is 259 g/mol. The van der Waals surface area contributed by atoms with Crippen LogP contribution in [0.1, 0.15) is 16.2 Å². The second-order valence-corrected chi connectivity index (χ2v) is 4.79. The second kappa shape index (κ2) is 3.92. The Morgan fingerprint density at radius 3 is 2.94 bits per heavy atom. The molecule has 0 saturated carbocycles. The van der Waals surface area contributed by atoms with Crippen molar-refractivity contribution in [3.63, 3.8) is 0 Å². The summed E-state index contributed by atoms with van der Waals surface area (Å²) in [4.78, 5) is 15.4. The van der Waals surface area contributed by atoms with Gasteiger partial charge < -0.3 is 5.11 Å². The molecular formula is C12H9N3O2S. The fourth-order valence-electron chi connectivity index (χ4n) is 1.80. The number of hydrogen-bond acceptors (Lipinski definition) is 4. The third-order valence-corrected chi connectivity index (χ3v) is 3.64. The molecule has 0 aliphatic rings. The van der Waals surface area contributed by atoms with Crippen LogP contribution in [0.2, 0.25) is 0 Å². The van der Waals surface area contributed by atoms with Gasteiger partial charge in [-0.05, 0) is 25.1 Å². The number of nitrogens with zero attached hydrogens (tertiary/aromatic N) is 2. The van der Waals surface area contributed by atoms with Crippen molar-refractivity contribution in [3.8, 4) is 10.6 Å². The topological polar surface area (TPSA) is 78.9 Å². The Bertz CT molecular complexity index is 745. The molecule has 3 aromatic rings. The minimum absolute atomic E-state index is 0.0418.